The number of aryl methyl sites for hydroxylation is 1. The summed E-state index contributed by atoms with van der Waals surface area (Å²) < 4.78 is 8.71. The number of β-lactam (4-membered cyclic amide) rings is 1. The third-order valence-corrected chi connectivity index (χ3v) is 9.66. The van der Waals surface area contributed by atoms with Crippen LogP contribution in [0.3, 0.4) is 0 Å². The third kappa shape index (κ3) is 5.84. The molecule has 1 aromatic rings. The first-order chi connectivity index (χ1) is 19.4. The average Bonchev–Trinajstić information content (AvgIpc) is 3.63. The molecule has 17 heteroatoms. The molecule has 3 aliphatic heterocycles. The van der Waals surface area contributed by atoms with Crippen LogP contribution in [0.15, 0.2) is 5.16 Å². The lowest BCUT2D eigenvalue weighted by atomic mass is 9.90. The predicted octanol–water partition coefficient (Wildman–Crippen LogP) is 0.920. The van der Waals surface area contributed by atoms with Gasteiger partial charge in [0.15, 0.2) is 28.7 Å². The van der Waals surface area contributed by atoms with Crippen molar-refractivity contribution in [1.29, 1.82) is 0 Å². The molecule has 41 heavy (non-hydrogen) atoms. The fourth-order valence-electron chi connectivity index (χ4n) is 4.87. The van der Waals surface area contributed by atoms with E-state index in [0.29, 0.717) is 11.4 Å². The Bertz CT molecular complexity index is 1270. The summed E-state index contributed by atoms with van der Waals surface area (Å²) in [5.41, 5.74) is -1.50. The van der Waals surface area contributed by atoms with Gasteiger partial charge in [-0.2, -0.15) is 4.37 Å². The molecule has 3 atom stereocenters. The van der Waals surface area contributed by atoms with Crippen molar-refractivity contribution in [3.8, 4) is 0 Å². The van der Waals surface area contributed by atoms with Crippen LogP contribution in [-0.2, 0) is 28.7 Å². The van der Waals surface area contributed by atoms with E-state index in [0.717, 1.165) is 47.6 Å². The van der Waals surface area contributed by atoms with Crippen molar-refractivity contribution in [2.24, 2.45) is 16.9 Å². The van der Waals surface area contributed by atoms with Crippen molar-refractivity contribution >= 4 is 66.5 Å². The van der Waals surface area contributed by atoms with Crippen molar-refractivity contribution in [3.63, 3.8) is 0 Å². The van der Waals surface area contributed by atoms with Crippen LogP contribution < -0.4 is 5.84 Å². The lowest BCUT2D eigenvalue weighted by Gasteiger charge is -2.40. The molecule has 0 unspecified atom stereocenters. The van der Waals surface area contributed by atoms with E-state index < -0.39 is 39.5 Å². The van der Waals surface area contributed by atoms with E-state index in [1.54, 1.807) is 20.8 Å². The normalized spacial score (nSPS) is 24.4. The number of hydrogen-bond donors (Lipinski definition) is 1. The van der Waals surface area contributed by atoms with E-state index in [1.165, 1.54) is 9.80 Å². The fraction of sp³-hybridized carbons (Fsp3) is 0.667. The minimum absolute atomic E-state index is 0.0289. The maximum atomic E-state index is 13.5. The van der Waals surface area contributed by atoms with Crippen LogP contribution in [0, 0.1) is 12.8 Å². The Kier molecular flexibility index (Phi) is 9.09. The van der Waals surface area contributed by atoms with Gasteiger partial charge in [0.1, 0.15) is 5.01 Å². The molecule has 0 bridgehead atoms. The monoisotopic (exact) mass is 605 g/mol. The molecule has 2 radical (unpaired) electrons. The number of nitrogens with zero attached hydrogens (tertiary/aromatic N) is 6. The number of Topliss-reactive ketones (excluding diaryl/α,β-unsaturated/α-hetero) is 2. The third-order valence-electron chi connectivity index (χ3n) is 7.31. The van der Waals surface area contributed by atoms with Gasteiger partial charge >= 0.3 is 20.0 Å². The second-order valence-corrected chi connectivity index (χ2v) is 12.9. The molecule has 2 N–H and O–H groups in total. The molecule has 1 aromatic heterocycles. The van der Waals surface area contributed by atoms with Gasteiger partial charge in [0.05, 0.1) is 24.4 Å². The second kappa shape index (κ2) is 12.1. The van der Waals surface area contributed by atoms with Gasteiger partial charge in [-0.05, 0) is 38.7 Å². The molecule has 0 spiro atoms. The highest BCUT2D eigenvalue weighted by Crippen LogP contribution is 2.53. The summed E-state index contributed by atoms with van der Waals surface area (Å²) in [6.07, 6.45) is 2.61. The fourth-order valence-corrected chi connectivity index (χ4v) is 7.08. The molecule has 0 saturated carbocycles. The first kappa shape index (κ1) is 30.9. The lowest BCUT2D eigenvalue weighted by Crippen LogP contribution is -2.60. The minimum Gasteiger partial charge on any atom is -0.541 e. The minimum atomic E-state index is -1.60. The standard InChI is InChI=1S/C24H32BN7O7S2/c1-5-6-7-8-16(34)23(3,4)39-28-17(18-27-13(2)41-29-18)15(33)11-14-19(35)30-12-24(21(36)38-25,40-20(14)30)31-9-10-32(26)22(31)37/h14,20H,5-12,26H2,1-4H3/b28-17+/t14-,20-,24-/m1/s1. The van der Waals surface area contributed by atoms with Crippen LogP contribution >= 0.6 is 23.3 Å². The van der Waals surface area contributed by atoms with Crippen molar-refractivity contribution in [1.82, 2.24) is 24.2 Å². The van der Waals surface area contributed by atoms with E-state index >= 15 is 0 Å². The lowest BCUT2D eigenvalue weighted by molar-refractivity contribution is -0.153. The maximum absolute atomic E-state index is 13.5. The topological polar surface area (TPSA) is 178 Å². The quantitative estimate of drug-likeness (QED) is 0.0643. The average molecular weight is 606 g/mol. The molecule has 3 fully saturated rings. The zero-order chi connectivity index (χ0) is 30.1. The number of aromatic nitrogens is 2. The van der Waals surface area contributed by atoms with E-state index in [-0.39, 0.29) is 49.3 Å². The number of carbonyl (C=O) groups is 5. The Hall–Kier alpha value is -3.05. The zero-order valence-corrected chi connectivity index (χ0v) is 25.0. The summed E-state index contributed by atoms with van der Waals surface area (Å²) in [4.78, 5) is 75.8. The summed E-state index contributed by atoms with van der Waals surface area (Å²) in [5, 5.41) is 4.97. The van der Waals surface area contributed by atoms with Crippen LogP contribution in [0.5, 0.6) is 0 Å². The Morgan fingerprint density at radius 1 is 1.24 bits per heavy atom. The number of amides is 3. The molecule has 4 heterocycles. The smallest absolute Gasteiger partial charge is 0.378 e. The summed E-state index contributed by atoms with van der Waals surface area (Å²) in [7, 11) is 5.21. The number of oxime groups is 1. The molecular formula is C24H32BN7O7S2. The Morgan fingerprint density at radius 2 is 1.98 bits per heavy atom. The summed E-state index contributed by atoms with van der Waals surface area (Å²) >= 11 is 2.08. The maximum Gasteiger partial charge on any atom is 0.378 e. The summed E-state index contributed by atoms with van der Waals surface area (Å²) in [6, 6.07) is -0.603. The molecule has 0 aliphatic carbocycles. The first-order valence-corrected chi connectivity index (χ1v) is 14.9. The Balaban J connectivity index is 1.53. The van der Waals surface area contributed by atoms with E-state index in [2.05, 4.69) is 19.2 Å². The van der Waals surface area contributed by atoms with Crippen LogP contribution in [0.25, 0.3) is 0 Å². The number of ketones is 2. The first-order valence-electron chi connectivity index (χ1n) is 13.2. The van der Waals surface area contributed by atoms with Crippen LogP contribution in [-0.4, -0.2) is 103 Å². The number of fused-ring (bicyclic) bond motifs is 1. The summed E-state index contributed by atoms with van der Waals surface area (Å²) in [5.74, 6) is 2.89. The van der Waals surface area contributed by atoms with Gasteiger partial charge in [0.2, 0.25) is 10.8 Å². The molecular weight excluding hydrogens is 573 g/mol. The number of carbonyl (C=O) groups excluding carboxylic acids is 5. The second-order valence-electron chi connectivity index (χ2n) is 10.6. The van der Waals surface area contributed by atoms with Gasteiger partial charge < -0.3 is 14.4 Å². The molecule has 4 rings (SSSR count). The number of hydrazine groups is 1. The van der Waals surface area contributed by atoms with E-state index in [1.807, 2.05) is 6.92 Å². The predicted molar refractivity (Wildman–Crippen MR) is 149 cm³/mol. The molecule has 0 aromatic carbocycles. The molecule has 3 aliphatic rings. The highest BCUT2D eigenvalue weighted by molar-refractivity contribution is 8.02. The van der Waals surface area contributed by atoms with Gasteiger partial charge in [0.25, 0.3) is 0 Å². The molecule has 14 nitrogen and oxygen atoms in total. The van der Waals surface area contributed by atoms with Crippen molar-refractivity contribution in [2.45, 2.75) is 75.6 Å². The van der Waals surface area contributed by atoms with Gasteiger partial charge in [-0.25, -0.2) is 15.6 Å². The van der Waals surface area contributed by atoms with Crippen LogP contribution in [0.4, 0.5) is 4.79 Å². The highest BCUT2D eigenvalue weighted by Gasteiger charge is 2.66. The highest BCUT2D eigenvalue weighted by atomic mass is 32.2. The van der Waals surface area contributed by atoms with E-state index in [9.17, 15) is 24.0 Å². The number of nitrogens with two attached hydrogens (primary N) is 1. The SMILES string of the molecule is [B]OC(=O)[C@@]1(N2CCN(N)C2=O)CN2C(=O)[C@@H](CC(=O)/C(=N\OC(C)(C)C(=O)CCCCC)c3nsc(C)n3)[C@H]2S1. The van der Waals surface area contributed by atoms with Gasteiger partial charge in [0, 0.05) is 19.4 Å². The molecule has 220 valence electrons. The number of unbranched alkanes of at least 4 members (excludes halogenated alkanes) is 2. The van der Waals surface area contributed by atoms with Crippen molar-refractivity contribution < 1.29 is 33.5 Å². The van der Waals surface area contributed by atoms with E-state index in [4.69, 9.17) is 18.7 Å². The van der Waals surface area contributed by atoms with Crippen LogP contribution in [0.1, 0.15) is 63.7 Å². The zero-order valence-electron chi connectivity index (χ0n) is 23.3. The van der Waals surface area contributed by atoms with Crippen molar-refractivity contribution in [2.75, 3.05) is 19.6 Å². The van der Waals surface area contributed by atoms with Crippen molar-refractivity contribution in [3.05, 3.63) is 10.8 Å². The molecule has 3 amide bonds. The molecule has 3 saturated heterocycles. The van der Waals surface area contributed by atoms with Gasteiger partial charge in [-0.1, -0.05) is 36.7 Å². The summed E-state index contributed by atoms with van der Waals surface area (Å²) in [6.45, 7) is 7.05. The Labute approximate surface area is 246 Å². The Morgan fingerprint density at radius 3 is 2.56 bits per heavy atom. The number of thioether (sulfide) groups is 1. The largest absolute Gasteiger partial charge is 0.541 e. The number of urea groups is 1. The van der Waals surface area contributed by atoms with Gasteiger partial charge in [-0.15, -0.1) is 0 Å². The van der Waals surface area contributed by atoms with Gasteiger partial charge in [-0.3, -0.25) is 29.1 Å². The number of rotatable bonds is 13. The number of hydrogen-bond acceptors (Lipinski definition) is 13. The van der Waals surface area contributed by atoms with Crippen LogP contribution in [0.2, 0.25) is 0 Å².